The Bertz CT molecular complexity index is 185. The first-order valence-electron chi connectivity index (χ1n) is 3.71. The first kappa shape index (κ1) is 8.75. The molecule has 0 amide bonds. The van der Waals surface area contributed by atoms with Crippen LogP contribution in [0.1, 0.15) is 19.3 Å². The zero-order valence-corrected chi connectivity index (χ0v) is 7.10. The van der Waals surface area contributed by atoms with Crippen molar-refractivity contribution in [2.24, 2.45) is 11.7 Å². The van der Waals surface area contributed by atoms with E-state index >= 15 is 0 Å². The summed E-state index contributed by atoms with van der Waals surface area (Å²) in [5, 5.41) is 0.426. The van der Waals surface area contributed by atoms with Gasteiger partial charge in [-0.05, 0) is 12.8 Å². The average molecular weight is 174 g/mol. The summed E-state index contributed by atoms with van der Waals surface area (Å²) in [4.78, 5) is 11.2. The monoisotopic (exact) mass is 173 g/mol. The minimum absolute atomic E-state index is 0.153. The zero-order chi connectivity index (χ0) is 8.43. The van der Waals surface area contributed by atoms with E-state index in [9.17, 15) is 4.79 Å². The van der Waals surface area contributed by atoms with E-state index in [0.717, 1.165) is 12.8 Å². The van der Waals surface area contributed by atoms with Gasteiger partial charge in [0.1, 0.15) is 5.78 Å². The second kappa shape index (κ2) is 3.37. The van der Waals surface area contributed by atoms with Crippen LogP contribution in [0.2, 0.25) is 0 Å². The van der Waals surface area contributed by atoms with Gasteiger partial charge in [0, 0.05) is 23.4 Å². The summed E-state index contributed by atoms with van der Waals surface area (Å²) in [6.45, 7) is 3.47. The topological polar surface area (TPSA) is 43.1 Å². The normalized spacial score (nSPS) is 29.3. The van der Waals surface area contributed by atoms with E-state index in [1.54, 1.807) is 0 Å². The largest absolute Gasteiger partial charge is 0.328 e. The van der Waals surface area contributed by atoms with Crippen molar-refractivity contribution < 1.29 is 4.79 Å². The fraction of sp³-hybridized carbons (Fsp3) is 0.625. The van der Waals surface area contributed by atoms with E-state index in [0.29, 0.717) is 11.5 Å². The lowest BCUT2D eigenvalue weighted by Crippen LogP contribution is -2.40. The Morgan fingerprint density at radius 1 is 1.64 bits per heavy atom. The molecule has 2 N–H and O–H groups in total. The third kappa shape index (κ3) is 2.31. The number of hydrogen-bond donors (Lipinski definition) is 1. The van der Waals surface area contributed by atoms with E-state index in [-0.39, 0.29) is 17.7 Å². The van der Waals surface area contributed by atoms with Crippen LogP contribution in [-0.2, 0) is 4.79 Å². The molecular weight excluding hydrogens is 162 g/mol. The molecule has 1 fully saturated rings. The van der Waals surface area contributed by atoms with Crippen molar-refractivity contribution in [3.8, 4) is 0 Å². The second-order valence-electron chi connectivity index (χ2n) is 3.09. The summed E-state index contributed by atoms with van der Waals surface area (Å²) < 4.78 is 0. The number of halogens is 1. The van der Waals surface area contributed by atoms with Crippen molar-refractivity contribution in [2.75, 3.05) is 0 Å². The van der Waals surface area contributed by atoms with Gasteiger partial charge in [-0.2, -0.15) is 0 Å². The van der Waals surface area contributed by atoms with Crippen molar-refractivity contribution in [2.45, 2.75) is 25.3 Å². The highest BCUT2D eigenvalue weighted by molar-refractivity contribution is 6.30. The Morgan fingerprint density at radius 2 is 2.18 bits per heavy atom. The lowest BCUT2D eigenvalue weighted by atomic mass is 9.77. The van der Waals surface area contributed by atoms with E-state index < -0.39 is 0 Å². The Balaban J connectivity index is 2.27. The van der Waals surface area contributed by atoms with E-state index in [4.69, 9.17) is 17.3 Å². The standard InChI is InChI=1S/C8H12ClNO/c1-5(9)2-8(11)6-3-7(10)4-6/h6-7H,1-4,10H2. The Hall–Kier alpha value is -0.340. The molecule has 0 bridgehead atoms. The summed E-state index contributed by atoms with van der Waals surface area (Å²) in [6, 6.07) is 0.229. The van der Waals surface area contributed by atoms with Crippen LogP contribution in [-0.4, -0.2) is 11.8 Å². The number of carbonyl (C=O) groups excluding carboxylic acids is 1. The van der Waals surface area contributed by atoms with Crippen LogP contribution in [0.25, 0.3) is 0 Å². The van der Waals surface area contributed by atoms with Gasteiger partial charge in [0.05, 0.1) is 0 Å². The molecule has 0 aromatic heterocycles. The maximum Gasteiger partial charge on any atom is 0.141 e. The fourth-order valence-electron chi connectivity index (χ4n) is 1.26. The number of ketones is 1. The molecular formula is C8H12ClNO. The molecule has 3 heteroatoms. The minimum Gasteiger partial charge on any atom is -0.328 e. The third-order valence-electron chi connectivity index (χ3n) is 2.00. The number of Topliss-reactive ketones (excluding diaryl/α,β-unsaturated/α-hetero) is 1. The van der Waals surface area contributed by atoms with Crippen LogP contribution in [0, 0.1) is 5.92 Å². The van der Waals surface area contributed by atoms with Gasteiger partial charge in [-0.1, -0.05) is 18.2 Å². The molecule has 0 aromatic rings. The quantitative estimate of drug-likeness (QED) is 0.702. The number of allylic oxidation sites excluding steroid dienone is 1. The summed E-state index contributed by atoms with van der Waals surface area (Å²) >= 11 is 5.49. The molecule has 0 saturated heterocycles. The van der Waals surface area contributed by atoms with Crippen LogP contribution in [0.4, 0.5) is 0 Å². The Morgan fingerprint density at radius 3 is 2.55 bits per heavy atom. The average Bonchev–Trinajstić information content (AvgIpc) is 1.79. The second-order valence-corrected chi connectivity index (χ2v) is 3.62. The molecule has 62 valence electrons. The number of nitrogens with two attached hydrogens (primary N) is 1. The maximum atomic E-state index is 11.2. The van der Waals surface area contributed by atoms with Gasteiger partial charge in [0.2, 0.25) is 0 Å². The van der Waals surface area contributed by atoms with E-state index in [2.05, 4.69) is 6.58 Å². The molecule has 0 atom stereocenters. The zero-order valence-electron chi connectivity index (χ0n) is 6.35. The number of rotatable bonds is 3. The van der Waals surface area contributed by atoms with Gasteiger partial charge in [0.15, 0.2) is 0 Å². The number of hydrogen-bond acceptors (Lipinski definition) is 2. The summed E-state index contributed by atoms with van der Waals surface area (Å²) in [5.41, 5.74) is 5.53. The summed E-state index contributed by atoms with van der Waals surface area (Å²) in [7, 11) is 0. The first-order valence-corrected chi connectivity index (χ1v) is 4.09. The summed E-state index contributed by atoms with van der Waals surface area (Å²) in [6.07, 6.45) is 1.95. The molecule has 0 heterocycles. The Kier molecular flexibility index (Phi) is 2.68. The SMILES string of the molecule is C=C(Cl)CC(=O)C1CC(N)C1. The fourth-order valence-corrected chi connectivity index (χ4v) is 1.39. The third-order valence-corrected chi connectivity index (χ3v) is 2.13. The van der Waals surface area contributed by atoms with Gasteiger partial charge in [0.25, 0.3) is 0 Å². The van der Waals surface area contributed by atoms with Crippen molar-refractivity contribution in [1.82, 2.24) is 0 Å². The van der Waals surface area contributed by atoms with Crippen LogP contribution >= 0.6 is 11.6 Å². The van der Waals surface area contributed by atoms with Crippen LogP contribution in [0.3, 0.4) is 0 Å². The van der Waals surface area contributed by atoms with Gasteiger partial charge in [-0.15, -0.1) is 0 Å². The van der Waals surface area contributed by atoms with Crippen LogP contribution in [0.5, 0.6) is 0 Å². The predicted octanol–water partition coefficient (Wildman–Crippen LogP) is 1.44. The highest BCUT2D eigenvalue weighted by Gasteiger charge is 2.31. The summed E-state index contributed by atoms with van der Waals surface area (Å²) in [5.74, 6) is 0.340. The van der Waals surface area contributed by atoms with E-state index in [1.807, 2.05) is 0 Å². The molecule has 1 saturated carbocycles. The molecule has 0 spiro atoms. The lowest BCUT2D eigenvalue weighted by molar-refractivity contribution is -0.124. The molecule has 2 nitrogen and oxygen atoms in total. The molecule has 0 aliphatic heterocycles. The van der Waals surface area contributed by atoms with Gasteiger partial charge in [-0.25, -0.2) is 0 Å². The molecule has 0 radical (unpaired) electrons. The van der Waals surface area contributed by atoms with Crippen molar-refractivity contribution >= 4 is 17.4 Å². The number of carbonyl (C=O) groups is 1. The molecule has 1 aliphatic rings. The highest BCUT2D eigenvalue weighted by atomic mass is 35.5. The van der Waals surface area contributed by atoms with Crippen LogP contribution < -0.4 is 5.73 Å². The first-order chi connectivity index (χ1) is 5.09. The molecule has 1 aliphatic carbocycles. The van der Waals surface area contributed by atoms with Gasteiger partial charge >= 0.3 is 0 Å². The van der Waals surface area contributed by atoms with Crippen molar-refractivity contribution in [1.29, 1.82) is 0 Å². The van der Waals surface area contributed by atoms with Crippen LogP contribution in [0.15, 0.2) is 11.6 Å². The predicted molar refractivity (Wildman–Crippen MR) is 45.3 cm³/mol. The lowest BCUT2D eigenvalue weighted by Gasteiger charge is -2.30. The van der Waals surface area contributed by atoms with Gasteiger partial charge in [-0.3, -0.25) is 4.79 Å². The maximum absolute atomic E-state index is 11.2. The Labute approximate surface area is 71.4 Å². The van der Waals surface area contributed by atoms with E-state index in [1.165, 1.54) is 0 Å². The molecule has 0 unspecified atom stereocenters. The molecule has 1 rings (SSSR count). The van der Waals surface area contributed by atoms with Gasteiger partial charge < -0.3 is 5.73 Å². The molecule has 0 aromatic carbocycles. The molecule has 11 heavy (non-hydrogen) atoms. The highest BCUT2D eigenvalue weighted by Crippen LogP contribution is 2.28. The van der Waals surface area contributed by atoms with Crippen molar-refractivity contribution in [3.05, 3.63) is 11.6 Å². The smallest absolute Gasteiger partial charge is 0.141 e. The minimum atomic E-state index is 0.153. The van der Waals surface area contributed by atoms with Crippen molar-refractivity contribution in [3.63, 3.8) is 0 Å².